The van der Waals surface area contributed by atoms with E-state index in [1.54, 1.807) is 0 Å². The van der Waals surface area contributed by atoms with Crippen LogP contribution in [0.3, 0.4) is 0 Å². The highest BCUT2D eigenvalue weighted by Crippen LogP contribution is 2.29. The zero-order valence-corrected chi connectivity index (χ0v) is 12.8. The summed E-state index contributed by atoms with van der Waals surface area (Å²) in [5.74, 6) is 1.79. The lowest BCUT2D eigenvalue weighted by molar-refractivity contribution is 0.247. The van der Waals surface area contributed by atoms with Crippen LogP contribution in [-0.2, 0) is 13.0 Å². The molecule has 0 amide bonds. The second-order valence-corrected chi connectivity index (χ2v) is 6.63. The van der Waals surface area contributed by atoms with Crippen molar-refractivity contribution in [1.82, 2.24) is 5.32 Å². The summed E-state index contributed by atoms with van der Waals surface area (Å²) < 4.78 is 0. The Balaban J connectivity index is 1.56. The molecular weight excluding hydrogens is 244 g/mol. The summed E-state index contributed by atoms with van der Waals surface area (Å²) in [7, 11) is 0. The molecule has 1 fully saturated rings. The molecule has 0 bridgehead atoms. The molecule has 0 aromatic heterocycles. The molecule has 1 aromatic carbocycles. The Labute approximate surface area is 123 Å². The monoisotopic (exact) mass is 272 g/mol. The minimum absolute atomic E-state index is 0.885. The van der Waals surface area contributed by atoms with Gasteiger partial charge in [0.2, 0.25) is 0 Å². The smallest absolute Gasteiger partial charge is 0.0418 e. The first-order valence-corrected chi connectivity index (χ1v) is 8.40. The lowest BCUT2D eigenvalue weighted by Crippen LogP contribution is -2.29. The first-order chi connectivity index (χ1) is 9.84. The normalized spacial score (nSPS) is 25.9. The van der Waals surface area contributed by atoms with Crippen molar-refractivity contribution in [3.63, 3.8) is 0 Å². The van der Waals surface area contributed by atoms with Crippen molar-refractivity contribution in [2.24, 2.45) is 11.8 Å². The van der Waals surface area contributed by atoms with E-state index in [-0.39, 0.29) is 0 Å². The summed E-state index contributed by atoms with van der Waals surface area (Å²) >= 11 is 0. The molecule has 0 saturated heterocycles. The predicted octanol–water partition coefficient (Wildman–Crippen LogP) is 3.96. The van der Waals surface area contributed by atoms with Gasteiger partial charge in [0.1, 0.15) is 0 Å². The molecule has 0 spiro atoms. The standard InChI is InChI=1S/C18H28N2/c1-14-6-2-3-7-16(14)12-19-13-17-9-4-8-15-10-5-11-20-18(15)17/h4,8-9,14,16,19-20H,2-3,5-7,10-13H2,1H3. The van der Waals surface area contributed by atoms with Crippen molar-refractivity contribution in [1.29, 1.82) is 0 Å². The van der Waals surface area contributed by atoms with Crippen LogP contribution in [0.4, 0.5) is 5.69 Å². The second-order valence-electron chi connectivity index (χ2n) is 6.63. The van der Waals surface area contributed by atoms with E-state index >= 15 is 0 Å². The van der Waals surface area contributed by atoms with E-state index in [0.717, 1.165) is 24.9 Å². The van der Waals surface area contributed by atoms with E-state index in [2.05, 4.69) is 35.8 Å². The number of rotatable bonds is 4. The zero-order chi connectivity index (χ0) is 13.8. The van der Waals surface area contributed by atoms with Gasteiger partial charge in [0.15, 0.2) is 0 Å². The van der Waals surface area contributed by atoms with E-state index in [9.17, 15) is 0 Å². The highest BCUT2D eigenvalue weighted by molar-refractivity contribution is 5.59. The molecule has 3 rings (SSSR count). The van der Waals surface area contributed by atoms with Gasteiger partial charge >= 0.3 is 0 Å². The molecule has 2 unspecified atom stereocenters. The first kappa shape index (κ1) is 13.9. The number of hydrogen-bond acceptors (Lipinski definition) is 2. The fraction of sp³-hybridized carbons (Fsp3) is 0.667. The molecule has 2 N–H and O–H groups in total. The van der Waals surface area contributed by atoms with Crippen molar-refractivity contribution < 1.29 is 0 Å². The quantitative estimate of drug-likeness (QED) is 0.867. The van der Waals surface area contributed by atoms with Crippen LogP contribution in [0, 0.1) is 11.8 Å². The van der Waals surface area contributed by atoms with E-state index < -0.39 is 0 Å². The van der Waals surface area contributed by atoms with Gasteiger partial charge in [-0.2, -0.15) is 0 Å². The molecule has 1 heterocycles. The van der Waals surface area contributed by atoms with Crippen LogP contribution in [0.1, 0.15) is 50.2 Å². The lowest BCUT2D eigenvalue weighted by Gasteiger charge is -2.29. The number of nitrogens with one attached hydrogen (secondary N) is 2. The molecule has 2 heteroatoms. The largest absolute Gasteiger partial charge is 0.385 e. The number of para-hydroxylation sites is 1. The molecule has 1 aromatic rings. The van der Waals surface area contributed by atoms with Crippen LogP contribution in [0.2, 0.25) is 0 Å². The first-order valence-electron chi connectivity index (χ1n) is 8.40. The van der Waals surface area contributed by atoms with Gasteiger partial charge in [0.05, 0.1) is 0 Å². The third-order valence-electron chi connectivity index (χ3n) is 5.17. The Morgan fingerprint density at radius 3 is 3.00 bits per heavy atom. The molecular formula is C18H28N2. The van der Waals surface area contributed by atoms with E-state index in [1.807, 2.05) is 0 Å². The summed E-state index contributed by atoms with van der Waals surface area (Å²) in [6.07, 6.45) is 8.21. The van der Waals surface area contributed by atoms with Crippen LogP contribution in [0.15, 0.2) is 18.2 Å². The lowest BCUT2D eigenvalue weighted by atomic mass is 9.80. The number of hydrogen-bond donors (Lipinski definition) is 2. The van der Waals surface area contributed by atoms with Crippen molar-refractivity contribution in [2.75, 3.05) is 18.4 Å². The van der Waals surface area contributed by atoms with Crippen LogP contribution in [0.5, 0.6) is 0 Å². The van der Waals surface area contributed by atoms with Crippen molar-refractivity contribution in [2.45, 2.75) is 52.0 Å². The van der Waals surface area contributed by atoms with Gasteiger partial charge in [-0.15, -0.1) is 0 Å². The minimum Gasteiger partial charge on any atom is -0.385 e. The number of anilines is 1. The Hall–Kier alpha value is -1.02. The van der Waals surface area contributed by atoms with Crippen LogP contribution >= 0.6 is 0 Å². The van der Waals surface area contributed by atoms with Crippen LogP contribution < -0.4 is 10.6 Å². The van der Waals surface area contributed by atoms with Crippen molar-refractivity contribution in [3.8, 4) is 0 Å². The number of fused-ring (bicyclic) bond motifs is 1. The molecule has 2 nitrogen and oxygen atoms in total. The highest BCUT2D eigenvalue weighted by Gasteiger charge is 2.20. The summed E-state index contributed by atoms with van der Waals surface area (Å²) in [5.41, 5.74) is 4.36. The fourth-order valence-electron chi connectivity index (χ4n) is 3.82. The second kappa shape index (κ2) is 6.62. The molecule has 110 valence electrons. The zero-order valence-electron chi connectivity index (χ0n) is 12.8. The molecule has 0 radical (unpaired) electrons. The van der Waals surface area contributed by atoms with Gasteiger partial charge in [-0.25, -0.2) is 0 Å². The third-order valence-corrected chi connectivity index (χ3v) is 5.17. The minimum atomic E-state index is 0.885. The summed E-state index contributed by atoms with van der Waals surface area (Å²) in [6, 6.07) is 6.76. The summed E-state index contributed by atoms with van der Waals surface area (Å²) in [4.78, 5) is 0. The Bertz CT molecular complexity index is 441. The van der Waals surface area contributed by atoms with Gasteiger partial charge in [0, 0.05) is 18.8 Å². The third kappa shape index (κ3) is 3.17. The molecule has 2 atom stereocenters. The Morgan fingerprint density at radius 1 is 1.20 bits per heavy atom. The molecule has 1 saturated carbocycles. The van der Waals surface area contributed by atoms with Gasteiger partial charge in [-0.05, 0) is 48.8 Å². The molecule has 2 aliphatic rings. The molecule has 20 heavy (non-hydrogen) atoms. The SMILES string of the molecule is CC1CCCCC1CNCc1cccc2c1NCCC2. The maximum absolute atomic E-state index is 3.71. The van der Waals surface area contributed by atoms with E-state index in [0.29, 0.717) is 0 Å². The van der Waals surface area contributed by atoms with Gasteiger partial charge in [0.25, 0.3) is 0 Å². The van der Waals surface area contributed by atoms with Gasteiger partial charge < -0.3 is 10.6 Å². The highest BCUT2D eigenvalue weighted by atomic mass is 14.9. The Kier molecular flexibility index (Phi) is 4.62. The van der Waals surface area contributed by atoms with E-state index in [1.165, 1.54) is 61.9 Å². The maximum Gasteiger partial charge on any atom is 0.0418 e. The summed E-state index contributed by atoms with van der Waals surface area (Å²) in [5, 5.41) is 7.30. The van der Waals surface area contributed by atoms with E-state index in [4.69, 9.17) is 0 Å². The molecule has 1 aliphatic heterocycles. The predicted molar refractivity (Wildman–Crippen MR) is 86.1 cm³/mol. The van der Waals surface area contributed by atoms with Crippen LogP contribution in [-0.4, -0.2) is 13.1 Å². The van der Waals surface area contributed by atoms with Crippen LogP contribution in [0.25, 0.3) is 0 Å². The average molecular weight is 272 g/mol. The average Bonchev–Trinajstić information content (AvgIpc) is 2.49. The summed E-state index contributed by atoms with van der Waals surface area (Å²) in [6.45, 7) is 5.76. The Morgan fingerprint density at radius 2 is 2.10 bits per heavy atom. The molecule has 1 aliphatic carbocycles. The maximum atomic E-state index is 3.71. The fourth-order valence-corrected chi connectivity index (χ4v) is 3.82. The van der Waals surface area contributed by atoms with Crippen molar-refractivity contribution >= 4 is 5.69 Å². The topological polar surface area (TPSA) is 24.1 Å². The van der Waals surface area contributed by atoms with Gasteiger partial charge in [-0.1, -0.05) is 44.4 Å². The van der Waals surface area contributed by atoms with Gasteiger partial charge in [-0.3, -0.25) is 0 Å². The number of aryl methyl sites for hydroxylation is 1. The number of benzene rings is 1. The van der Waals surface area contributed by atoms with Crippen molar-refractivity contribution in [3.05, 3.63) is 29.3 Å².